The fourth-order valence-electron chi connectivity index (χ4n) is 2.89. The number of thioether (sulfide) groups is 1. The first kappa shape index (κ1) is 30.1. The third kappa shape index (κ3) is 12.2. The van der Waals surface area contributed by atoms with Crippen LogP contribution in [-0.4, -0.2) is 83.2 Å². The number of nitrogens with two attached hydrogens (primary N) is 2. The van der Waals surface area contributed by atoms with Crippen LogP contribution >= 0.6 is 11.8 Å². The summed E-state index contributed by atoms with van der Waals surface area (Å²) in [5, 5.41) is 26.2. The first-order valence-electron chi connectivity index (χ1n) is 10.8. The number of hydrogen-bond acceptors (Lipinski definition) is 8. The Balaban J connectivity index is 5.19. The molecule has 4 unspecified atom stereocenters. The van der Waals surface area contributed by atoms with Crippen molar-refractivity contribution in [2.24, 2.45) is 17.4 Å². The predicted octanol–water partition coefficient (Wildman–Crippen LogP) is -1.23. The zero-order chi connectivity index (χ0) is 24.7. The number of carboxylic acid groups (broad SMARTS) is 1. The lowest BCUT2D eigenvalue weighted by Gasteiger charge is -2.24. The molecule has 0 aliphatic rings. The van der Waals surface area contributed by atoms with Crippen molar-refractivity contribution >= 4 is 35.5 Å². The topological polar surface area (TPSA) is 197 Å². The van der Waals surface area contributed by atoms with E-state index >= 15 is 0 Å². The number of aliphatic hydroxyl groups excluding tert-OH is 1. The van der Waals surface area contributed by atoms with Crippen molar-refractivity contribution in [1.82, 2.24) is 16.0 Å². The van der Waals surface area contributed by atoms with Gasteiger partial charge in [-0.15, -0.1) is 0 Å². The molecule has 0 aromatic heterocycles. The van der Waals surface area contributed by atoms with E-state index < -0.39 is 54.5 Å². The summed E-state index contributed by atoms with van der Waals surface area (Å²) in [5.74, 6) is -2.48. The summed E-state index contributed by atoms with van der Waals surface area (Å²) in [6.45, 7) is 3.53. The molecule has 4 atom stereocenters. The minimum atomic E-state index is -1.36. The summed E-state index contributed by atoms with van der Waals surface area (Å²) in [4.78, 5) is 49.0. The number of rotatable bonds is 17. The van der Waals surface area contributed by atoms with Crippen molar-refractivity contribution in [2.75, 3.05) is 25.2 Å². The molecule has 11 nitrogen and oxygen atoms in total. The zero-order valence-corrected chi connectivity index (χ0v) is 20.0. The largest absolute Gasteiger partial charge is 0.480 e. The molecule has 186 valence electrons. The maximum absolute atomic E-state index is 12.8. The van der Waals surface area contributed by atoms with Gasteiger partial charge in [-0.2, -0.15) is 11.8 Å². The molecular formula is C20H39N5O6S. The van der Waals surface area contributed by atoms with E-state index in [2.05, 4.69) is 16.0 Å². The molecule has 3 amide bonds. The Labute approximate surface area is 193 Å². The van der Waals surface area contributed by atoms with E-state index in [0.717, 1.165) is 0 Å². The molecule has 0 radical (unpaired) electrons. The van der Waals surface area contributed by atoms with Crippen LogP contribution in [0, 0.1) is 5.92 Å². The second-order valence-electron chi connectivity index (χ2n) is 8.01. The molecule has 0 heterocycles. The fraction of sp³-hybridized carbons (Fsp3) is 0.800. The summed E-state index contributed by atoms with van der Waals surface area (Å²) in [7, 11) is 0. The Morgan fingerprint density at radius 1 is 0.906 bits per heavy atom. The maximum Gasteiger partial charge on any atom is 0.326 e. The lowest BCUT2D eigenvalue weighted by molar-refractivity contribution is -0.142. The molecule has 0 saturated carbocycles. The van der Waals surface area contributed by atoms with Crippen LogP contribution in [-0.2, 0) is 19.2 Å². The zero-order valence-electron chi connectivity index (χ0n) is 19.1. The van der Waals surface area contributed by atoms with Gasteiger partial charge < -0.3 is 37.6 Å². The number of aliphatic carboxylic acids is 1. The highest BCUT2D eigenvalue weighted by atomic mass is 32.2. The number of amides is 3. The Morgan fingerprint density at radius 3 is 1.97 bits per heavy atom. The van der Waals surface area contributed by atoms with Gasteiger partial charge in [0.1, 0.15) is 18.1 Å². The fourth-order valence-corrected chi connectivity index (χ4v) is 3.36. The van der Waals surface area contributed by atoms with Crippen LogP contribution in [0.3, 0.4) is 0 Å². The van der Waals surface area contributed by atoms with E-state index in [0.29, 0.717) is 31.6 Å². The number of carboxylic acids is 1. The van der Waals surface area contributed by atoms with Crippen molar-refractivity contribution < 1.29 is 29.4 Å². The highest BCUT2D eigenvalue weighted by Gasteiger charge is 2.29. The smallest absolute Gasteiger partial charge is 0.326 e. The lowest BCUT2D eigenvalue weighted by Crippen LogP contribution is -2.58. The van der Waals surface area contributed by atoms with Crippen molar-refractivity contribution in [3.8, 4) is 0 Å². The van der Waals surface area contributed by atoms with Crippen molar-refractivity contribution in [3.63, 3.8) is 0 Å². The molecule has 0 aromatic carbocycles. The molecule has 0 aliphatic carbocycles. The molecule has 0 bridgehead atoms. The Hall–Kier alpha value is -1.89. The van der Waals surface area contributed by atoms with Crippen LogP contribution in [0.4, 0.5) is 0 Å². The third-order valence-corrected chi connectivity index (χ3v) is 5.33. The molecule has 0 fully saturated rings. The van der Waals surface area contributed by atoms with Crippen LogP contribution in [0.15, 0.2) is 0 Å². The standard InChI is InChI=1S/C20H39N5O6S/c1-12(2)10-13(22)17(27)23-14(6-4-5-8-21)18(28)25-16(11-26)19(29)24-15(20(30)31)7-9-32-3/h12-16,26H,4-11,21-22H2,1-3H3,(H,23,27)(H,24,29)(H,25,28)(H,30,31). The van der Waals surface area contributed by atoms with Crippen LogP contribution in [0.5, 0.6) is 0 Å². The van der Waals surface area contributed by atoms with Gasteiger partial charge in [0.15, 0.2) is 0 Å². The normalized spacial score (nSPS) is 14.8. The molecule has 0 aromatic rings. The molecule has 9 N–H and O–H groups in total. The summed E-state index contributed by atoms with van der Waals surface area (Å²) < 4.78 is 0. The van der Waals surface area contributed by atoms with Gasteiger partial charge in [0.25, 0.3) is 0 Å². The van der Waals surface area contributed by atoms with Gasteiger partial charge in [0, 0.05) is 0 Å². The van der Waals surface area contributed by atoms with Crippen molar-refractivity contribution in [1.29, 1.82) is 0 Å². The molecular weight excluding hydrogens is 438 g/mol. The third-order valence-electron chi connectivity index (χ3n) is 4.68. The summed E-state index contributed by atoms with van der Waals surface area (Å²) in [6, 6.07) is -4.27. The van der Waals surface area contributed by atoms with Gasteiger partial charge in [-0.25, -0.2) is 4.79 Å². The number of hydrogen-bond donors (Lipinski definition) is 7. The summed E-state index contributed by atoms with van der Waals surface area (Å²) in [6.07, 6.45) is 3.91. The van der Waals surface area contributed by atoms with E-state index in [1.165, 1.54) is 11.8 Å². The summed E-state index contributed by atoms with van der Waals surface area (Å²) in [5.41, 5.74) is 11.4. The number of carbonyl (C=O) groups excluding carboxylic acids is 3. The molecule has 0 saturated heterocycles. The maximum atomic E-state index is 12.8. The minimum Gasteiger partial charge on any atom is -0.480 e. The first-order valence-corrected chi connectivity index (χ1v) is 12.2. The van der Waals surface area contributed by atoms with E-state index in [-0.39, 0.29) is 18.8 Å². The SMILES string of the molecule is CSCCC(NC(=O)C(CO)NC(=O)C(CCCCN)NC(=O)C(N)CC(C)C)C(=O)O. The van der Waals surface area contributed by atoms with Gasteiger partial charge >= 0.3 is 5.97 Å². The van der Waals surface area contributed by atoms with Crippen molar-refractivity contribution in [3.05, 3.63) is 0 Å². The highest BCUT2D eigenvalue weighted by molar-refractivity contribution is 7.98. The van der Waals surface area contributed by atoms with Gasteiger partial charge in [-0.3, -0.25) is 14.4 Å². The Kier molecular flexibility index (Phi) is 15.7. The van der Waals surface area contributed by atoms with Crippen molar-refractivity contribution in [2.45, 2.75) is 70.1 Å². The quantitative estimate of drug-likeness (QED) is 0.125. The van der Waals surface area contributed by atoms with Gasteiger partial charge in [0.05, 0.1) is 12.6 Å². The number of unbranched alkanes of at least 4 members (excludes halogenated alkanes) is 1. The number of carbonyl (C=O) groups is 4. The summed E-state index contributed by atoms with van der Waals surface area (Å²) >= 11 is 1.43. The molecule has 32 heavy (non-hydrogen) atoms. The van der Waals surface area contributed by atoms with Crippen LogP contribution in [0.2, 0.25) is 0 Å². The van der Waals surface area contributed by atoms with Gasteiger partial charge in [-0.05, 0) is 56.6 Å². The Morgan fingerprint density at radius 2 is 1.47 bits per heavy atom. The second-order valence-corrected chi connectivity index (χ2v) is 8.99. The molecule has 0 spiro atoms. The van der Waals surface area contributed by atoms with E-state index in [1.807, 2.05) is 20.1 Å². The molecule has 0 rings (SSSR count). The highest BCUT2D eigenvalue weighted by Crippen LogP contribution is 2.06. The first-order chi connectivity index (χ1) is 15.1. The number of nitrogens with one attached hydrogen (secondary N) is 3. The average molecular weight is 478 g/mol. The molecule has 12 heteroatoms. The number of aliphatic hydroxyl groups is 1. The molecule has 0 aliphatic heterocycles. The van der Waals surface area contributed by atoms with Crippen LogP contribution < -0.4 is 27.4 Å². The van der Waals surface area contributed by atoms with Crippen LogP contribution in [0.1, 0.15) is 46.0 Å². The lowest BCUT2D eigenvalue weighted by atomic mass is 10.0. The Bertz CT molecular complexity index is 607. The van der Waals surface area contributed by atoms with E-state index in [9.17, 15) is 29.4 Å². The monoisotopic (exact) mass is 477 g/mol. The predicted molar refractivity (Wildman–Crippen MR) is 124 cm³/mol. The minimum absolute atomic E-state index is 0.191. The van der Waals surface area contributed by atoms with E-state index in [1.54, 1.807) is 0 Å². The van der Waals surface area contributed by atoms with Crippen LogP contribution in [0.25, 0.3) is 0 Å². The second kappa shape index (κ2) is 16.7. The van der Waals surface area contributed by atoms with Gasteiger partial charge in [-0.1, -0.05) is 13.8 Å². The van der Waals surface area contributed by atoms with E-state index in [4.69, 9.17) is 11.5 Å². The van der Waals surface area contributed by atoms with Gasteiger partial charge in [0.2, 0.25) is 17.7 Å². The average Bonchev–Trinajstić information content (AvgIpc) is 2.72.